The molecule has 0 aromatic heterocycles. The minimum Gasteiger partial charge on any atom is -0.338 e. The molecule has 1 aliphatic carbocycles. The molecule has 0 aromatic carbocycles. The third-order valence-electron chi connectivity index (χ3n) is 0.744. The van der Waals surface area contributed by atoms with Crippen LogP contribution in [0.4, 0.5) is 0 Å². The Labute approximate surface area is 42.1 Å². The molecule has 1 aliphatic rings. The van der Waals surface area contributed by atoms with Crippen LogP contribution >= 0.6 is 6.55 Å². The first-order valence-electron chi connectivity index (χ1n) is 1.81. The molecule has 3 heteroatoms. The maximum atomic E-state index is 8.53. The normalized spacial score (nSPS) is 20.8. The summed E-state index contributed by atoms with van der Waals surface area (Å²) >= 11 is 4.55. The molecule has 0 heterocycles. The highest BCUT2D eigenvalue weighted by atomic mass is 32.4. The van der Waals surface area contributed by atoms with Gasteiger partial charge in [-0.3, -0.25) is 0 Å². The van der Waals surface area contributed by atoms with E-state index in [4.69, 9.17) is 4.89 Å². The molecule has 1 rings (SSSR count). The van der Waals surface area contributed by atoms with Crippen molar-refractivity contribution < 1.29 is 4.89 Å². The monoisotopic (exact) mass is 120 g/mol. The lowest BCUT2D eigenvalue weighted by Gasteiger charge is -1.62. The van der Waals surface area contributed by atoms with Gasteiger partial charge in [-0.2, -0.15) is 0 Å². The van der Waals surface area contributed by atoms with Crippen molar-refractivity contribution in [3.63, 3.8) is 0 Å². The fourth-order valence-corrected chi connectivity index (χ4v) is 1.29. The summed E-state index contributed by atoms with van der Waals surface area (Å²) in [4.78, 5) is 8.53. The lowest BCUT2D eigenvalue weighted by atomic mass is 11.0. The maximum absolute atomic E-state index is 8.53. The molecule has 1 saturated carbocycles. The SMILES string of the molecule is OP(=S)=C1CC1. The predicted molar refractivity (Wildman–Crippen MR) is 30.7 cm³/mol. The van der Waals surface area contributed by atoms with Gasteiger partial charge in [0.25, 0.3) is 0 Å². The van der Waals surface area contributed by atoms with Crippen molar-refractivity contribution >= 4 is 23.6 Å². The molecule has 0 aromatic rings. The van der Waals surface area contributed by atoms with Crippen LogP contribution in [0.1, 0.15) is 12.8 Å². The minimum absolute atomic E-state index is 1.05. The van der Waals surface area contributed by atoms with E-state index in [1.165, 1.54) is 5.29 Å². The second kappa shape index (κ2) is 1.45. The lowest BCUT2D eigenvalue weighted by Crippen LogP contribution is -1.47. The van der Waals surface area contributed by atoms with Crippen LogP contribution in [0.15, 0.2) is 0 Å². The van der Waals surface area contributed by atoms with Crippen molar-refractivity contribution in [1.29, 1.82) is 0 Å². The van der Waals surface area contributed by atoms with E-state index in [1.807, 2.05) is 0 Å². The molecule has 34 valence electrons. The molecule has 1 fully saturated rings. The van der Waals surface area contributed by atoms with Gasteiger partial charge in [-0.15, -0.1) is 0 Å². The lowest BCUT2D eigenvalue weighted by molar-refractivity contribution is 0.659. The molecule has 0 amide bonds. The highest BCUT2D eigenvalue weighted by molar-refractivity contribution is 8.02. The highest BCUT2D eigenvalue weighted by Gasteiger charge is 2.11. The summed E-state index contributed by atoms with van der Waals surface area (Å²) in [5, 5.41) is 1.19. The summed E-state index contributed by atoms with van der Waals surface area (Å²) < 4.78 is 0. The summed E-state index contributed by atoms with van der Waals surface area (Å²) in [6.07, 6.45) is 2.18. The van der Waals surface area contributed by atoms with E-state index >= 15 is 0 Å². The van der Waals surface area contributed by atoms with Gasteiger partial charge in [0.1, 0.15) is 0 Å². The van der Waals surface area contributed by atoms with Gasteiger partial charge in [-0.25, -0.2) is 0 Å². The van der Waals surface area contributed by atoms with E-state index < -0.39 is 6.55 Å². The van der Waals surface area contributed by atoms with Gasteiger partial charge in [-0.05, 0) is 29.9 Å². The van der Waals surface area contributed by atoms with Crippen LogP contribution in [0.2, 0.25) is 0 Å². The van der Waals surface area contributed by atoms with Crippen molar-refractivity contribution in [2.75, 3.05) is 0 Å². The first-order chi connectivity index (χ1) is 2.80. The van der Waals surface area contributed by atoms with E-state index in [0.717, 1.165) is 12.8 Å². The van der Waals surface area contributed by atoms with Gasteiger partial charge in [0, 0.05) is 0 Å². The zero-order valence-corrected chi connectivity index (χ0v) is 4.93. The van der Waals surface area contributed by atoms with Gasteiger partial charge in [0.15, 0.2) is 0 Å². The molecule has 1 N–H and O–H groups in total. The molecule has 1 atom stereocenters. The fraction of sp³-hybridized carbons (Fsp3) is 0.667. The Morgan fingerprint density at radius 3 is 2.17 bits per heavy atom. The second-order valence-electron chi connectivity index (χ2n) is 1.34. The molecule has 0 saturated heterocycles. The first-order valence-corrected chi connectivity index (χ1v) is 4.12. The van der Waals surface area contributed by atoms with Crippen molar-refractivity contribution in [2.24, 2.45) is 0 Å². The Morgan fingerprint density at radius 1 is 1.67 bits per heavy atom. The average molecular weight is 120 g/mol. The van der Waals surface area contributed by atoms with E-state index in [9.17, 15) is 0 Å². The summed E-state index contributed by atoms with van der Waals surface area (Å²) in [7, 11) is 0. The Bertz CT molecular complexity index is 128. The quantitative estimate of drug-likeness (QED) is 0.477. The number of hydrogen-bond acceptors (Lipinski definition) is 1. The molecule has 0 spiro atoms. The number of hydrogen-bond donors (Lipinski definition) is 1. The Balaban J connectivity index is 2.88. The molecule has 0 radical (unpaired) electrons. The van der Waals surface area contributed by atoms with Crippen LogP contribution in [-0.2, 0) is 11.8 Å². The van der Waals surface area contributed by atoms with Gasteiger partial charge in [0.05, 0.1) is 6.55 Å². The van der Waals surface area contributed by atoms with Crippen molar-refractivity contribution in [2.45, 2.75) is 12.8 Å². The van der Waals surface area contributed by atoms with E-state index in [-0.39, 0.29) is 0 Å². The van der Waals surface area contributed by atoms with Crippen LogP contribution in [0, 0.1) is 0 Å². The van der Waals surface area contributed by atoms with Crippen LogP contribution in [0.3, 0.4) is 0 Å². The van der Waals surface area contributed by atoms with Crippen LogP contribution < -0.4 is 0 Å². The van der Waals surface area contributed by atoms with Crippen molar-refractivity contribution in [1.82, 2.24) is 0 Å². The maximum Gasteiger partial charge on any atom is 0.0736 e. The van der Waals surface area contributed by atoms with E-state index in [1.54, 1.807) is 0 Å². The summed E-state index contributed by atoms with van der Waals surface area (Å²) in [5.74, 6) is 0. The van der Waals surface area contributed by atoms with Gasteiger partial charge in [0.2, 0.25) is 0 Å². The largest absolute Gasteiger partial charge is 0.338 e. The summed E-state index contributed by atoms with van der Waals surface area (Å²) in [6, 6.07) is 0. The average Bonchev–Trinajstić information content (AvgIpc) is 2.06. The Morgan fingerprint density at radius 2 is 2.17 bits per heavy atom. The number of rotatable bonds is 0. The van der Waals surface area contributed by atoms with E-state index in [2.05, 4.69) is 11.8 Å². The van der Waals surface area contributed by atoms with Crippen molar-refractivity contribution in [3.8, 4) is 0 Å². The van der Waals surface area contributed by atoms with Gasteiger partial charge < -0.3 is 4.89 Å². The Hall–Kier alpha value is 0.350. The third kappa shape index (κ3) is 0.904. The molecule has 6 heavy (non-hydrogen) atoms. The molecular formula is C3H5OPS. The van der Waals surface area contributed by atoms with E-state index in [0.29, 0.717) is 0 Å². The van der Waals surface area contributed by atoms with Crippen molar-refractivity contribution in [3.05, 3.63) is 0 Å². The smallest absolute Gasteiger partial charge is 0.0736 e. The van der Waals surface area contributed by atoms with Gasteiger partial charge in [-0.1, -0.05) is 0 Å². The summed E-state index contributed by atoms with van der Waals surface area (Å²) in [5.41, 5.74) is 0. The topological polar surface area (TPSA) is 20.2 Å². The second-order valence-corrected chi connectivity index (χ2v) is 3.56. The Kier molecular flexibility index (Phi) is 1.09. The zero-order valence-electron chi connectivity index (χ0n) is 3.22. The standard InChI is InChI=1S/C3H5OPS/c4-5(6)3-1-2-3/h1-2H2,(H,4,6). The molecule has 0 bridgehead atoms. The fourth-order valence-electron chi connectivity index (χ4n) is 0.247. The summed E-state index contributed by atoms with van der Waals surface area (Å²) in [6.45, 7) is -1.05. The third-order valence-corrected chi connectivity index (χ3v) is 2.51. The van der Waals surface area contributed by atoms with Gasteiger partial charge >= 0.3 is 0 Å². The van der Waals surface area contributed by atoms with Crippen LogP contribution in [0.25, 0.3) is 0 Å². The molecule has 1 unspecified atom stereocenters. The molecule has 0 aliphatic heterocycles. The first kappa shape index (κ1) is 4.51. The zero-order chi connectivity index (χ0) is 4.57. The highest BCUT2D eigenvalue weighted by Crippen LogP contribution is 2.23. The van der Waals surface area contributed by atoms with Crippen LogP contribution in [-0.4, -0.2) is 10.2 Å². The predicted octanol–water partition coefficient (Wildman–Crippen LogP) is 0.804. The minimum atomic E-state index is -1.05. The van der Waals surface area contributed by atoms with Crippen LogP contribution in [0.5, 0.6) is 0 Å². The molecular weight excluding hydrogens is 115 g/mol. The molecule has 1 nitrogen and oxygen atoms in total.